The lowest BCUT2D eigenvalue weighted by Crippen LogP contribution is -2.40. The molecule has 1 heterocycles. The molecule has 0 radical (unpaired) electrons. The highest BCUT2D eigenvalue weighted by atomic mass is 16.6. The number of methoxy groups -OCH3 is 1. The number of hydrogen-bond donors (Lipinski definition) is 0. The standard InChI is InChI=1S/C34H37NO5/c1-34(2,3)19-18-24-10-14-27(15-11-24)30(21-26-12-16-28(17-13-26)32(37)39-4)31(36)22-35-29(23-40-33(35)38)20-25-8-6-5-7-9-25/h5-19,29-30H,20-23H2,1-4H3/b19-18+/t29-,30?/m1/s1. The van der Waals surface area contributed by atoms with Crippen LogP contribution in [0, 0.1) is 5.41 Å². The fraction of sp³-hybridized carbons (Fsp3) is 0.324. The molecule has 0 saturated carbocycles. The molecule has 1 saturated heterocycles. The van der Waals surface area contributed by atoms with E-state index in [0.717, 1.165) is 22.3 Å². The fourth-order valence-electron chi connectivity index (χ4n) is 4.75. The van der Waals surface area contributed by atoms with Gasteiger partial charge in [-0.1, -0.05) is 99.7 Å². The number of hydrogen-bond acceptors (Lipinski definition) is 5. The Hall–Kier alpha value is -4.19. The predicted octanol–water partition coefficient (Wildman–Crippen LogP) is 6.49. The number of ether oxygens (including phenoxy) is 2. The van der Waals surface area contributed by atoms with Crippen molar-refractivity contribution in [3.63, 3.8) is 0 Å². The second-order valence-corrected chi connectivity index (χ2v) is 11.3. The maximum atomic E-state index is 13.9. The average Bonchev–Trinajstić information content (AvgIpc) is 3.29. The van der Waals surface area contributed by atoms with Crippen molar-refractivity contribution < 1.29 is 23.9 Å². The van der Waals surface area contributed by atoms with E-state index in [9.17, 15) is 14.4 Å². The molecule has 6 heteroatoms. The van der Waals surface area contributed by atoms with Gasteiger partial charge < -0.3 is 9.47 Å². The third kappa shape index (κ3) is 7.69. The molecule has 3 aromatic carbocycles. The van der Waals surface area contributed by atoms with E-state index in [1.807, 2.05) is 66.7 Å². The first-order valence-corrected chi connectivity index (χ1v) is 13.6. The molecule has 2 atom stereocenters. The summed E-state index contributed by atoms with van der Waals surface area (Å²) in [5.74, 6) is -0.947. The molecule has 4 rings (SSSR count). The van der Waals surface area contributed by atoms with Gasteiger partial charge in [-0.3, -0.25) is 9.69 Å². The summed E-state index contributed by atoms with van der Waals surface area (Å²) in [4.78, 5) is 40.0. The molecule has 0 aromatic heterocycles. The lowest BCUT2D eigenvalue weighted by Gasteiger charge is -2.24. The molecular weight excluding hydrogens is 502 g/mol. The number of nitrogens with zero attached hydrogens (tertiary/aromatic N) is 1. The molecule has 1 amide bonds. The minimum absolute atomic E-state index is 0.0348. The van der Waals surface area contributed by atoms with Gasteiger partial charge in [-0.25, -0.2) is 9.59 Å². The Morgan fingerprint density at radius 2 is 1.65 bits per heavy atom. The maximum Gasteiger partial charge on any atom is 0.410 e. The highest BCUT2D eigenvalue weighted by molar-refractivity contribution is 5.91. The largest absolute Gasteiger partial charge is 0.465 e. The van der Waals surface area contributed by atoms with Gasteiger partial charge in [0.2, 0.25) is 0 Å². The Morgan fingerprint density at radius 3 is 2.27 bits per heavy atom. The number of cyclic esters (lactones) is 1. The quantitative estimate of drug-likeness (QED) is 0.275. The summed E-state index contributed by atoms with van der Waals surface area (Å²) in [6.07, 6.45) is 4.83. The number of esters is 1. The number of ketones is 1. The molecule has 3 aromatic rings. The van der Waals surface area contributed by atoms with Crippen LogP contribution in [-0.2, 0) is 27.1 Å². The van der Waals surface area contributed by atoms with Crippen molar-refractivity contribution in [2.75, 3.05) is 20.3 Å². The van der Waals surface area contributed by atoms with Crippen molar-refractivity contribution in [1.82, 2.24) is 4.90 Å². The van der Waals surface area contributed by atoms with E-state index in [0.29, 0.717) is 18.4 Å². The molecule has 0 bridgehead atoms. The van der Waals surface area contributed by atoms with Gasteiger partial charge in [0.1, 0.15) is 6.61 Å². The number of carbonyl (C=O) groups excluding carboxylic acids is 3. The minimum Gasteiger partial charge on any atom is -0.465 e. The second kappa shape index (κ2) is 12.8. The fourth-order valence-corrected chi connectivity index (χ4v) is 4.75. The molecule has 1 unspecified atom stereocenters. The van der Waals surface area contributed by atoms with E-state index >= 15 is 0 Å². The lowest BCUT2D eigenvalue weighted by atomic mass is 9.87. The highest BCUT2D eigenvalue weighted by Crippen LogP contribution is 2.27. The smallest absolute Gasteiger partial charge is 0.410 e. The molecule has 1 aliphatic heterocycles. The van der Waals surface area contributed by atoms with Crippen LogP contribution >= 0.6 is 0 Å². The van der Waals surface area contributed by atoms with Gasteiger partial charge in [0.25, 0.3) is 0 Å². The highest BCUT2D eigenvalue weighted by Gasteiger charge is 2.36. The van der Waals surface area contributed by atoms with E-state index in [1.54, 1.807) is 17.0 Å². The number of allylic oxidation sites excluding steroid dienone is 1. The Labute approximate surface area is 236 Å². The van der Waals surface area contributed by atoms with Gasteiger partial charge in [-0.15, -0.1) is 0 Å². The molecule has 0 N–H and O–H groups in total. The zero-order chi connectivity index (χ0) is 28.7. The number of rotatable bonds is 10. The van der Waals surface area contributed by atoms with Gasteiger partial charge in [0.05, 0.1) is 25.3 Å². The molecule has 6 nitrogen and oxygen atoms in total. The lowest BCUT2D eigenvalue weighted by molar-refractivity contribution is -0.121. The normalized spacial score (nSPS) is 16.1. The first kappa shape index (κ1) is 28.8. The number of carbonyl (C=O) groups is 3. The number of benzene rings is 3. The van der Waals surface area contributed by atoms with Crippen molar-refractivity contribution in [2.24, 2.45) is 5.41 Å². The summed E-state index contributed by atoms with van der Waals surface area (Å²) in [5.41, 5.74) is 4.44. The number of Topliss-reactive ketones (excluding diaryl/α,β-unsaturated/α-hetero) is 1. The molecular formula is C34H37NO5. The van der Waals surface area contributed by atoms with Gasteiger partial charge in [-0.05, 0) is 52.6 Å². The summed E-state index contributed by atoms with van der Waals surface area (Å²) in [6, 6.07) is 24.8. The van der Waals surface area contributed by atoms with E-state index in [4.69, 9.17) is 9.47 Å². The van der Waals surface area contributed by atoms with Gasteiger partial charge in [-0.2, -0.15) is 0 Å². The Kier molecular flexibility index (Phi) is 9.20. The average molecular weight is 540 g/mol. The van der Waals surface area contributed by atoms with E-state index in [-0.39, 0.29) is 30.4 Å². The minimum atomic E-state index is -0.476. The van der Waals surface area contributed by atoms with Crippen LogP contribution in [0.1, 0.15) is 59.3 Å². The summed E-state index contributed by atoms with van der Waals surface area (Å²) in [7, 11) is 1.35. The van der Waals surface area contributed by atoms with Crippen LogP contribution in [-0.4, -0.2) is 49.0 Å². The molecule has 0 spiro atoms. The third-order valence-corrected chi connectivity index (χ3v) is 7.03. The molecule has 40 heavy (non-hydrogen) atoms. The van der Waals surface area contributed by atoms with Crippen molar-refractivity contribution >= 4 is 23.9 Å². The van der Waals surface area contributed by atoms with Crippen LogP contribution in [0.25, 0.3) is 6.08 Å². The van der Waals surface area contributed by atoms with Crippen molar-refractivity contribution in [3.05, 3.63) is 113 Å². The topological polar surface area (TPSA) is 72.9 Å². The molecule has 208 valence electrons. The summed E-state index contributed by atoms with van der Waals surface area (Å²) >= 11 is 0. The van der Waals surface area contributed by atoms with Crippen LogP contribution in [0.2, 0.25) is 0 Å². The molecule has 1 fully saturated rings. The zero-order valence-electron chi connectivity index (χ0n) is 23.6. The molecule has 1 aliphatic rings. The zero-order valence-corrected chi connectivity index (χ0v) is 23.6. The maximum absolute atomic E-state index is 13.9. The van der Waals surface area contributed by atoms with Crippen LogP contribution < -0.4 is 0 Å². The predicted molar refractivity (Wildman–Crippen MR) is 156 cm³/mol. The van der Waals surface area contributed by atoms with Crippen LogP contribution in [0.15, 0.2) is 84.9 Å². The number of amides is 1. The van der Waals surface area contributed by atoms with Crippen molar-refractivity contribution in [1.29, 1.82) is 0 Å². The SMILES string of the molecule is COC(=O)c1ccc(CC(C(=O)CN2C(=O)OC[C@H]2Cc2ccccc2)c2ccc(/C=C/C(C)(C)C)cc2)cc1. The Balaban J connectivity index is 1.57. The monoisotopic (exact) mass is 539 g/mol. The van der Waals surface area contributed by atoms with Crippen LogP contribution in [0.5, 0.6) is 0 Å². The van der Waals surface area contributed by atoms with E-state index in [2.05, 4.69) is 32.9 Å². The summed E-state index contributed by atoms with van der Waals surface area (Å²) in [6.45, 7) is 6.66. The Morgan fingerprint density at radius 1 is 0.975 bits per heavy atom. The first-order chi connectivity index (χ1) is 19.1. The van der Waals surface area contributed by atoms with Crippen molar-refractivity contribution in [2.45, 2.75) is 45.6 Å². The van der Waals surface area contributed by atoms with Gasteiger partial charge in [0, 0.05) is 5.92 Å². The summed E-state index contributed by atoms with van der Waals surface area (Å²) in [5, 5.41) is 0. The van der Waals surface area contributed by atoms with E-state index in [1.165, 1.54) is 7.11 Å². The second-order valence-electron chi connectivity index (χ2n) is 11.3. The third-order valence-electron chi connectivity index (χ3n) is 7.03. The van der Waals surface area contributed by atoms with Crippen LogP contribution in [0.4, 0.5) is 4.79 Å². The van der Waals surface area contributed by atoms with Gasteiger partial charge in [0.15, 0.2) is 5.78 Å². The first-order valence-electron chi connectivity index (χ1n) is 13.6. The van der Waals surface area contributed by atoms with E-state index < -0.39 is 18.0 Å². The Bertz CT molecular complexity index is 1340. The van der Waals surface area contributed by atoms with Crippen molar-refractivity contribution in [3.8, 4) is 0 Å². The molecule has 0 aliphatic carbocycles. The van der Waals surface area contributed by atoms with Gasteiger partial charge >= 0.3 is 12.1 Å². The van der Waals surface area contributed by atoms with Crippen LogP contribution in [0.3, 0.4) is 0 Å². The summed E-state index contributed by atoms with van der Waals surface area (Å²) < 4.78 is 10.2.